The number of esters is 2. The summed E-state index contributed by atoms with van der Waals surface area (Å²) >= 11 is 0. The summed E-state index contributed by atoms with van der Waals surface area (Å²) in [6, 6.07) is 14.8. The molecule has 0 saturated carbocycles. The maximum atomic E-state index is 11.8. The second-order valence-electron chi connectivity index (χ2n) is 5.55. The van der Waals surface area contributed by atoms with Crippen molar-refractivity contribution in [3.05, 3.63) is 65.2 Å². The molecule has 1 amide bonds. The van der Waals surface area contributed by atoms with Crippen LogP contribution in [0.25, 0.3) is 0 Å². The number of hydrogen-bond donors (Lipinski definition) is 1. The molecule has 0 bridgehead atoms. The van der Waals surface area contributed by atoms with Gasteiger partial charge in [0, 0.05) is 6.54 Å². The molecule has 0 unspecified atom stereocenters. The largest absolute Gasteiger partial charge is 0.482 e. The van der Waals surface area contributed by atoms with E-state index in [-0.39, 0.29) is 13.2 Å². The quantitative estimate of drug-likeness (QED) is 0.689. The van der Waals surface area contributed by atoms with Gasteiger partial charge in [0.1, 0.15) is 5.75 Å². The lowest BCUT2D eigenvalue weighted by Crippen LogP contribution is -2.29. The van der Waals surface area contributed by atoms with Crippen molar-refractivity contribution in [2.75, 3.05) is 20.3 Å². The van der Waals surface area contributed by atoms with Gasteiger partial charge >= 0.3 is 11.9 Å². The standard InChI is InChI=1S/C20H18N2O6/c1-26-20(25)16-6-2-15(3-7-16)11-22-18(23)12-28-19(24)13-27-17-8-4-14(10-21)5-9-17/h2-9H,11-13H2,1H3,(H,22,23). The maximum Gasteiger partial charge on any atom is 0.344 e. The van der Waals surface area contributed by atoms with Crippen LogP contribution in [0.15, 0.2) is 48.5 Å². The van der Waals surface area contributed by atoms with Gasteiger partial charge in [0.15, 0.2) is 13.2 Å². The van der Waals surface area contributed by atoms with Crippen molar-refractivity contribution in [1.29, 1.82) is 5.26 Å². The normalized spacial score (nSPS) is 9.71. The minimum absolute atomic E-state index is 0.222. The first-order valence-electron chi connectivity index (χ1n) is 8.24. The Bertz CT molecular complexity index is 869. The first kappa shape index (κ1) is 20.5. The van der Waals surface area contributed by atoms with E-state index in [0.717, 1.165) is 5.56 Å². The highest BCUT2D eigenvalue weighted by molar-refractivity contribution is 5.89. The fourth-order valence-electron chi connectivity index (χ4n) is 2.08. The second-order valence-corrected chi connectivity index (χ2v) is 5.55. The summed E-state index contributed by atoms with van der Waals surface area (Å²) in [5.41, 5.74) is 1.66. The van der Waals surface area contributed by atoms with Crippen LogP contribution in [0.5, 0.6) is 5.75 Å². The Morgan fingerprint density at radius 3 is 2.29 bits per heavy atom. The van der Waals surface area contributed by atoms with Gasteiger partial charge < -0.3 is 19.5 Å². The highest BCUT2D eigenvalue weighted by atomic mass is 16.6. The van der Waals surface area contributed by atoms with E-state index in [2.05, 4.69) is 10.1 Å². The van der Waals surface area contributed by atoms with Gasteiger partial charge in [-0.15, -0.1) is 0 Å². The van der Waals surface area contributed by atoms with Gasteiger partial charge in [-0.3, -0.25) is 4.79 Å². The molecule has 8 heteroatoms. The van der Waals surface area contributed by atoms with Crippen LogP contribution in [0.2, 0.25) is 0 Å². The molecule has 0 spiro atoms. The van der Waals surface area contributed by atoms with Gasteiger partial charge in [-0.05, 0) is 42.0 Å². The van der Waals surface area contributed by atoms with Crippen molar-refractivity contribution in [1.82, 2.24) is 5.32 Å². The van der Waals surface area contributed by atoms with Gasteiger partial charge in [-0.1, -0.05) is 12.1 Å². The summed E-state index contributed by atoms with van der Waals surface area (Å²) in [6.45, 7) is -0.566. The lowest BCUT2D eigenvalue weighted by molar-refractivity contribution is -0.150. The molecule has 2 aromatic rings. The van der Waals surface area contributed by atoms with E-state index in [1.54, 1.807) is 48.5 Å². The predicted molar refractivity (Wildman–Crippen MR) is 97.2 cm³/mol. The monoisotopic (exact) mass is 382 g/mol. The minimum Gasteiger partial charge on any atom is -0.482 e. The molecule has 0 saturated heterocycles. The summed E-state index contributed by atoms with van der Waals surface area (Å²) in [7, 11) is 1.30. The lowest BCUT2D eigenvalue weighted by atomic mass is 10.1. The van der Waals surface area contributed by atoms with Gasteiger partial charge in [-0.25, -0.2) is 9.59 Å². The number of nitriles is 1. The third-order valence-electron chi connectivity index (χ3n) is 3.57. The molecule has 0 radical (unpaired) electrons. The summed E-state index contributed by atoms with van der Waals surface area (Å²) in [6.07, 6.45) is 0. The number of hydrogen-bond acceptors (Lipinski definition) is 7. The third kappa shape index (κ3) is 6.46. The van der Waals surface area contributed by atoms with Gasteiger partial charge in [-0.2, -0.15) is 5.26 Å². The maximum absolute atomic E-state index is 11.8. The highest BCUT2D eigenvalue weighted by Gasteiger charge is 2.09. The summed E-state index contributed by atoms with van der Waals surface area (Å²) in [4.78, 5) is 34.7. The third-order valence-corrected chi connectivity index (χ3v) is 3.57. The molecule has 0 heterocycles. The fraction of sp³-hybridized carbons (Fsp3) is 0.200. The topological polar surface area (TPSA) is 115 Å². The molecule has 0 aliphatic carbocycles. The molecule has 0 aliphatic rings. The molecule has 2 aromatic carbocycles. The zero-order valence-electron chi connectivity index (χ0n) is 15.1. The van der Waals surface area contributed by atoms with Crippen LogP contribution in [0.3, 0.4) is 0 Å². The molecular weight excluding hydrogens is 364 g/mol. The molecule has 8 nitrogen and oxygen atoms in total. The van der Waals surface area contributed by atoms with Gasteiger partial charge in [0.2, 0.25) is 0 Å². The van der Waals surface area contributed by atoms with Crippen LogP contribution in [0.4, 0.5) is 0 Å². The van der Waals surface area contributed by atoms with Gasteiger partial charge in [0.05, 0.1) is 24.3 Å². The van der Waals surface area contributed by atoms with Crippen LogP contribution in [-0.4, -0.2) is 38.2 Å². The van der Waals surface area contributed by atoms with Crippen molar-refractivity contribution >= 4 is 17.8 Å². The first-order valence-corrected chi connectivity index (χ1v) is 8.24. The smallest absolute Gasteiger partial charge is 0.344 e. The highest BCUT2D eigenvalue weighted by Crippen LogP contribution is 2.11. The number of carbonyl (C=O) groups excluding carboxylic acids is 3. The van der Waals surface area contributed by atoms with E-state index >= 15 is 0 Å². The van der Waals surface area contributed by atoms with Crippen LogP contribution < -0.4 is 10.1 Å². The summed E-state index contributed by atoms with van der Waals surface area (Å²) < 4.78 is 14.7. The number of nitrogens with zero attached hydrogens (tertiary/aromatic N) is 1. The van der Waals surface area contributed by atoms with Gasteiger partial charge in [0.25, 0.3) is 5.91 Å². The van der Waals surface area contributed by atoms with Crippen LogP contribution in [0, 0.1) is 11.3 Å². The average Bonchev–Trinajstić information content (AvgIpc) is 2.74. The van der Waals surface area contributed by atoms with E-state index < -0.39 is 24.5 Å². The molecule has 0 fully saturated rings. The molecule has 144 valence electrons. The Balaban J connectivity index is 1.67. The number of nitrogens with one attached hydrogen (secondary N) is 1. The lowest BCUT2D eigenvalue weighted by Gasteiger charge is -2.08. The number of carbonyl (C=O) groups is 3. The molecule has 28 heavy (non-hydrogen) atoms. The van der Waals surface area contributed by atoms with E-state index in [4.69, 9.17) is 14.7 Å². The van der Waals surface area contributed by atoms with Crippen molar-refractivity contribution in [2.45, 2.75) is 6.54 Å². The second kappa shape index (κ2) is 10.3. The zero-order chi connectivity index (χ0) is 20.4. The first-order chi connectivity index (χ1) is 13.5. The molecular formula is C20H18N2O6. The fourth-order valence-corrected chi connectivity index (χ4v) is 2.08. The zero-order valence-corrected chi connectivity index (χ0v) is 15.1. The van der Waals surface area contributed by atoms with E-state index in [1.807, 2.05) is 6.07 Å². The van der Waals surface area contributed by atoms with Crippen molar-refractivity contribution < 1.29 is 28.6 Å². The Kier molecular flexibility index (Phi) is 7.54. The SMILES string of the molecule is COC(=O)c1ccc(CNC(=O)COC(=O)COc2ccc(C#N)cc2)cc1. The number of benzene rings is 2. The molecule has 0 atom stereocenters. The number of rotatable bonds is 8. The van der Waals surface area contributed by atoms with Crippen LogP contribution >= 0.6 is 0 Å². The van der Waals surface area contributed by atoms with Crippen molar-refractivity contribution in [3.63, 3.8) is 0 Å². The minimum atomic E-state index is -0.693. The number of ether oxygens (including phenoxy) is 3. The van der Waals surface area contributed by atoms with Crippen molar-refractivity contribution in [3.8, 4) is 11.8 Å². The Morgan fingerprint density at radius 2 is 1.68 bits per heavy atom. The Hall–Kier alpha value is -3.86. The average molecular weight is 382 g/mol. The summed E-state index contributed by atoms with van der Waals surface area (Å²) in [5.74, 6) is -1.19. The van der Waals surface area contributed by atoms with Crippen LogP contribution in [0.1, 0.15) is 21.5 Å². The number of methoxy groups -OCH3 is 1. The van der Waals surface area contributed by atoms with E-state index in [0.29, 0.717) is 16.9 Å². The van der Waals surface area contributed by atoms with E-state index in [9.17, 15) is 14.4 Å². The van der Waals surface area contributed by atoms with Crippen LogP contribution in [-0.2, 0) is 25.6 Å². The number of amides is 1. The molecule has 2 rings (SSSR count). The molecule has 0 aliphatic heterocycles. The Morgan fingerprint density at radius 1 is 1.00 bits per heavy atom. The Labute approximate surface area is 161 Å². The van der Waals surface area contributed by atoms with Crippen molar-refractivity contribution in [2.24, 2.45) is 0 Å². The predicted octanol–water partition coefficient (Wildman–Crippen LogP) is 1.58. The molecule has 0 aromatic heterocycles. The summed E-state index contributed by atoms with van der Waals surface area (Å²) in [5, 5.41) is 11.3. The molecule has 1 N–H and O–H groups in total. The van der Waals surface area contributed by atoms with E-state index in [1.165, 1.54) is 7.11 Å².